The molecular weight excluding hydrogens is 558 g/mol. The molecule has 0 bridgehead atoms. The predicted molar refractivity (Wildman–Crippen MR) is 170 cm³/mol. The van der Waals surface area contributed by atoms with Crippen molar-refractivity contribution in [3.63, 3.8) is 0 Å². The minimum atomic E-state index is -0.417. The summed E-state index contributed by atoms with van der Waals surface area (Å²) >= 11 is 0. The van der Waals surface area contributed by atoms with E-state index in [1.54, 1.807) is 54.4 Å². The van der Waals surface area contributed by atoms with Gasteiger partial charge < -0.3 is 20.1 Å². The summed E-state index contributed by atoms with van der Waals surface area (Å²) in [6.07, 6.45) is 7.19. The van der Waals surface area contributed by atoms with Crippen molar-refractivity contribution < 1.29 is 14.3 Å². The number of methoxy groups -OCH3 is 1. The van der Waals surface area contributed by atoms with E-state index in [2.05, 4.69) is 21.9 Å². The molecule has 44 heavy (non-hydrogen) atoms. The minimum Gasteiger partial charge on any atom is -0.493 e. The normalized spacial score (nSPS) is 13.1. The smallest absolute Gasteiger partial charge is 0.339 e. The topological polar surface area (TPSA) is 121 Å². The molecule has 0 atom stereocenters. The van der Waals surface area contributed by atoms with E-state index in [0.29, 0.717) is 58.1 Å². The van der Waals surface area contributed by atoms with Crippen molar-refractivity contribution in [2.75, 3.05) is 38.4 Å². The van der Waals surface area contributed by atoms with Gasteiger partial charge in [0.25, 0.3) is 0 Å². The largest absolute Gasteiger partial charge is 0.493 e. The van der Waals surface area contributed by atoms with Crippen LogP contribution in [-0.2, 0) is 4.79 Å². The molecule has 3 aromatic carbocycles. The number of nitrogens with two attached hydrogens (primary N) is 1. The Kier molecular flexibility index (Phi) is 7.86. The minimum absolute atomic E-state index is 0.138. The zero-order valence-corrected chi connectivity index (χ0v) is 24.8. The highest BCUT2D eigenvalue weighted by Gasteiger charge is 2.25. The molecule has 1 fully saturated rings. The number of nitrogens with zero attached hydrogens (tertiary/aromatic N) is 6. The first-order chi connectivity index (χ1) is 21.4. The van der Waals surface area contributed by atoms with E-state index in [1.807, 2.05) is 42.5 Å². The molecule has 0 unspecified atom stereocenters. The van der Waals surface area contributed by atoms with Gasteiger partial charge >= 0.3 is 5.69 Å². The summed E-state index contributed by atoms with van der Waals surface area (Å²) in [5.41, 5.74) is 8.19. The molecule has 2 heterocycles. The average molecular weight is 592 g/mol. The zero-order valence-electron chi connectivity index (χ0n) is 24.8. The molecule has 0 spiro atoms. The molecular formula is C33H33N7O4. The summed E-state index contributed by atoms with van der Waals surface area (Å²) in [5.74, 6) is 1.52. The molecule has 1 saturated carbocycles. The van der Waals surface area contributed by atoms with E-state index >= 15 is 0 Å². The van der Waals surface area contributed by atoms with Crippen LogP contribution in [0.2, 0.25) is 0 Å². The summed E-state index contributed by atoms with van der Waals surface area (Å²) < 4.78 is 14.5. The number of imidazole rings is 1. The van der Waals surface area contributed by atoms with Crippen LogP contribution in [0.25, 0.3) is 22.5 Å². The van der Waals surface area contributed by atoms with Gasteiger partial charge in [-0.3, -0.25) is 14.3 Å². The monoisotopic (exact) mass is 591 g/mol. The summed E-state index contributed by atoms with van der Waals surface area (Å²) in [6.45, 7) is 0.713. The molecule has 0 saturated heterocycles. The Morgan fingerprint density at radius 2 is 1.75 bits per heavy atom. The number of likely N-dealkylation sites (N-methyl/N-ethyl adjacent to an activating group) is 2. The number of nitrogen functional groups attached to an aromatic ring is 1. The van der Waals surface area contributed by atoms with Crippen molar-refractivity contribution in [1.29, 1.82) is 0 Å². The van der Waals surface area contributed by atoms with Crippen molar-refractivity contribution >= 4 is 28.6 Å². The van der Waals surface area contributed by atoms with Gasteiger partial charge in [0.1, 0.15) is 17.6 Å². The van der Waals surface area contributed by atoms with Crippen LogP contribution in [0.15, 0.2) is 96.1 Å². The number of hydrogen-bond donors (Lipinski definition) is 1. The third kappa shape index (κ3) is 5.64. The zero-order chi connectivity index (χ0) is 30.8. The van der Waals surface area contributed by atoms with Crippen molar-refractivity contribution in [2.24, 2.45) is 0 Å². The molecule has 6 rings (SSSR count). The van der Waals surface area contributed by atoms with Crippen LogP contribution < -0.4 is 25.8 Å². The maximum Gasteiger partial charge on any atom is 0.339 e. The second kappa shape index (κ2) is 12.1. The van der Waals surface area contributed by atoms with E-state index in [1.165, 1.54) is 35.4 Å². The lowest BCUT2D eigenvalue weighted by Gasteiger charge is -2.17. The van der Waals surface area contributed by atoms with E-state index in [9.17, 15) is 9.59 Å². The number of anilines is 2. The third-order valence-corrected chi connectivity index (χ3v) is 7.66. The molecule has 2 N–H and O–H groups in total. The number of carbonyl (C=O) groups is 1. The van der Waals surface area contributed by atoms with Gasteiger partial charge in [0, 0.05) is 37.5 Å². The molecule has 224 valence electrons. The van der Waals surface area contributed by atoms with Crippen LogP contribution in [0.3, 0.4) is 0 Å². The van der Waals surface area contributed by atoms with Crippen molar-refractivity contribution in [3.05, 3.63) is 102 Å². The van der Waals surface area contributed by atoms with Crippen molar-refractivity contribution in [1.82, 2.24) is 24.0 Å². The lowest BCUT2D eigenvalue weighted by Crippen LogP contribution is -2.26. The summed E-state index contributed by atoms with van der Waals surface area (Å²) in [6, 6.07) is 22.3. The Hall–Kier alpha value is -5.42. The number of amides is 1. The molecule has 1 aliphatic rings. The Morgan fingerprint density at radius 3 is 2.50 bits per heavy atom. The number of para-hydroxylation sites is 1. The fraction of sp³-hybridized carbons (Fsp3) is 0.212. The van der Waals surface area contributed by atoms with E-state index < -0.39 is 5.69 Å². The number of hydrogen-bond acceptors (Lipinski definition) is 8. The van der Waals surface area contributed by atoms with E-state index in [4.69, 9.17) is 15.2 Å². The van der Waals surface area contributed by atoms with Gasteiger partial charge in [0.15, 0.2) is 23.0 Å². The Labute approximate surface area is 254 Å². The van der Waals surface area contributed by atoms with Gasteiger partial charge in [0.2, 0.25) is 5.91 Å². The number of fused-ring (bicyclic) bond motifs is 1. The van der Waals surface area contributed by atoms with Gasteiger partial charge in [-0.15, -0.1) is 0 Å². The number of carbonyl (C=O) groups excluding carboxylic acids is 1. The van der Waals surface area contributed by atoms with Gasteiger partial charge in [-0.1, -0.05) is 30.3 Å². The number of ether oxygens (including phenoxy) is 2. The van der Waals surface area contributed by atoms with Gasteiger partial charge in [-0.05, 0) is 62.4 Å². The third-order valence-electron chi connectivity index (χ3n) is 7.66. The van der Waals surface area contributed by atoms with Crippen LogP contribution in [-0.4, -0.2) is 63.7 Å². The Balaban J connectivity index is 1.36. The highest BCUT2D eigenvalue weighted by molar-refractivity contribution is 6.01. The second-order valence-corrected chi connectivity index (χ2v) is 10.6. The van der Waals surface area contributed by atoms with Crippen molar-refractivity contribution in [3.8, 4) is 28.6 Å². The lowest BCUT2D eigenvalue weighted by atomic mass is 10.2. The van der Waals surface area contributed by atoms with E-state index in [-0.39, 0.29) is 11.7 Å². The highest BCUT2D eigenvalue weighted by atomic mass is 16.5. The number of benzene rings is 3. The summed E-state index contributed by atoms with van der Waals surface area (Å²) in [5, 5.41) is 0. The van der Waals surface area contributed by atoms with Crippen LogP contribution in [0.5, 0.6) is 17.2 Å². The molecule has 5 aromatic rings. The molecule has 1 aliphatic carbocycles. The van der Waals surface area contributed by atoms with E-state index in [0.717, 1.165) is 0 Å². The average Bonchev–Trinajstić information content (AvgIpc) is 3.85. The van der Waals surface area contributed by atoms with Crippen LogP contribution in [0.4, 0.5) is 11.5 Å². The van der Waals surface area contributed by atoms with Crippen LogP contribution in [0, 0.1) is 0 Å². The first-order valence-electron chi connectivity index (χ1n) is 14.3. The number of rotatable bonds is 10. The first-order valence-corrected chi connectivity index (χ1v) is 14.3. The lowest BCUT2D eigenvalue weighted by molar-refractivity contribution is -0.113. The fourth-order valence-corrected chi connectivity index (χ4v) is 5.08. The first kappa shape index (κ1) is 28.7. The second-order valence-electron chi connectivity index (χ2n) is 10.6. The fourth-order valence-electron chi connectivity index (χ4n) is 5.08. The molecule has 11 nitrogen and oxygen atoms in total. The molecule has 2 aromatic heterocycles. The van der Waals surface area contributed by atoms with Gasteiger partial charge in [-0.2, -0.15) is 0 Å². The van der Waals surface area contributed by atoms with Gasteiger partial charge in [-0.25, -0.2) is 19.3 Å². The summed E-state index contributed by atoms with van der Waals surface area (Å²) in [7, 11) is 5.30. The van der Waals surface area contributed by atoms with Crippen LogP contribution >= 0.6 is 0 Å². The summed E-state index contributed by atoms with van der Waals surface area (Å²) in [4.78, 5) is 39.5. The molecule has 1 amide bonds. The quantitative estimate of drug-likeness (QED) is 0.235. The molecule has 0 aliphatic heterocycles. The standard InChI is InChI=1S/C33H33N7O4/c1-37(22-14-15-22)18-8-13-29(41)38(2)23-9-7-10-24(19-23)40-32-30(31(34)35-21-36-32)39(33(40)42)25-16-17-27(28(20-25)43-3)44-26-11-5-4-6-12-26/h4-13,16-17,19-22H,14-15,18H2,1-3H3,(H2,34,35,36)/b13-8+. The predicted octanol–water partition coefficient (Wildman–Crippen LogP) is 4.57. The maximum absolute atomic E-state index is 14.1. The van der Waals surface area contributed by atoms with Gasteiger partial charge in [0.05, 0.1) is 18.5 Å². The number of aromatic nitrogens is 4. The Bertz CT molecular complexity index is 1910. The van der Waals surface area contributed by atoms with Crippen molar-refractivity contribution in [2.45, 2.75) is 18.9 Å². The maximum atomic E-state index is 14.1. The molecule has 11 heteroatoms. The Morgan fingerprint density at radius 1 is 0.977 bits per heavy atom. The SMILES string of the molecule is COc1cc(-n2c(=O)n(-c3cccc(N(C)C(=O)/C=C/CN(C)C4CC4)c3)c3ncnc(N)c32)ccc1Oc1ccccc1. The highest BCUT2D eigenvalue weighted by Crippen LogP contribution is 2.34. The molecule has 0 radical (unpaired) electrons. The van der Waals surface area contributed by atoms with Crippen LogP contribution in [0.1, 0.15) is 12.8 Å².